The molecular weight excluding hydrogens is 264 g/mol. The fraction of sp³-hybridized carbons (Fsp3) is 0.471. The number of amides is 1. The Morgan fingerprint density at radius 2 is 1.90 bits per heavy atom. The van der Waals surface area contributed by atoms with Crippen LogP contribution in [-0.4, -0.2) is 59.6 Å². The van der Waals surface area contributed by atoms with Crippen LogP contribution in [0.2, 0.25) is 0 Å². The molecule has 0 aromatic heterocycles. The van der Waals surface area contributed by atoms with Crippen LogP contribution in [0.25, 0.3) is 6.08 Å². The summed E-state index contributed by atoms with van der Waals surface area (Å²) in [6.07, 6.45) is 3.98. The molecule has 114 valence electrons. The summed E-state index contributed by atoms with van der Waals surface area (Å²) in [6, 6.07) is 10.3. The first-order valence-corrected chi connectivity index (χ1v) is 7.55. The second-order valence-corrected chi connectivity index (χ2v) is 5.55. The van der Waals surface area contributed by atoms with Crippen LogP contribution in [-0.2, 0) is 4.79 Å². The molecule has 2 rings (SSSR count). The molecule has 0 radical (unpaired) electrons. The molecule has 0 bridgehead atoms. The molecule has 1 heterocycles. The normalized spacial score (nSPS) is 18.1. The van der Waals surface area contributed by atoms with E-state index in [0.29, 0.717) is 0 Å². The number of aliphatic hydroxyl groups is 1. The number of hydrogen-bond donors (Lipinski definition) is 1. The van der Waals surface area contributed by atoms with Crippen molar-refractivity contribution in [2.45, 2.75) is 19.4 Å². The molecule has 0 aliphatic carbocycles. The van der Waals surface area contributed by atoms with Crippen molar-refractivity contribution >= 4 is 12.0 Å². The molecule has 1 aromatic rings. The Kier molecular flexibility index (Phi) is 5.96. The van der Waals surface area contributed by atoms with Gasteiger partial charge in [-0.3, -0.25) is 9.69 Å². The molecule has 4 nitrogen and oxygen atoms in total. The zero-order valence-corrected chi connectivity index (χ0v) is 12.6. The first-order valence-electron chi connectivity index (χ1n) is 7.55. The highest BCUT2D eigenvalue weighted by atomic mass is 16.3. The molecule has 1 aliphatic rings. The third-order valence-electron chi connectivity index (χ3n) is 3.67. The van der Waals surface area contributed by atoms with Gasteiger partial charge < -0.3 is 10.0 Å². The van der Waals surface area contributed by atoms with Gasteiger partial charge in [0.15, 0.2) is 0 Å². The topological polar surface area (TPSA) is 43.8 Å². The lowest BCUT2D eigenvalue weighted by Crippen LogP contribution is -2.49. The number of piperazine rings is 1. The van der Waals surface area contributed by atoms with Gasteiger partial charge in [-0.2, -0.15) is 0 Å². The number of benzene rings is 1. The van der Waals surface area contributed by atoms with Gasteiger partial charge in [0.1, 0.15) is 0 Å². The average Bonchev–Trinajstić information content (AvgIpc) is 2.48. The highest BCUT2D eigenvalue weighted by Gasteiger charge is 2.20. The van der Waals surface area contributed by atoms with Crippen LogP contribution < -0.4 is 0 Å². The Bertz CT molecular complexity index is 463. The van der Waals surface area contributed by atoms with Crippen LogP contribution >= 0.6 is 0 Å². The molecule has 0 saturated carbocycles. The quantitative estimate of drug-likeness (QED) is 0.895. The summed E-state index contributed by atoms with van der Waals surface area (Å²) in [4.78, 5) is 16.0. The maximum atomic E-state index is 11.8. The lowest BCUT2D eigenvalue weighted by molar-refractivity contribution is -0.134. The monoisotopic (exact) mass is 288 g/mol. The fourth-order valence-electron chi connectivity index (χ4n) is 2.46. The van der Waals surface area contributed by atoms with E-state index in [1.807, 2.05) is 23.1 Å². The third-order valence-corrected chi connectivity index (χ3v) is 3.67. The van der Waals surface area contributed by atoms with Crippen molar-refractivity contribution in [3.8, 4) is 0 Å². The number of carbonyl (C=O) groups excluding carboxylic acids is 1. The van der Waals surface area contributed by atoms with Gasteiger partial charge in [0.05, 0.1) is 12.5 Å². The summed E-state index contributed by atoms with van der Waals surface area (Å²) in [7, 11) is 0. The smallest absolute Gasteiger partial charge is 0.225 e. The van der Waals surface area contributed by atoms with Crippen LogP contribution in [0.3, 0.4) is 0 Å². The average molecular weight is 288 g/mol. The van der Waals surface area contributed by atoms with Crippen molar-refractivity contribution in [1.82, 2.24) is 9.80 Å². The molecular formula is C17H24N2O2. The largest absolute Gasteiger partial charge is 0.393 e. The molecule has 1 aliphatic heterocycles. The van der Waals surface area contributed by atoms with Crippen molar-refractivity contribution in [2.24, 2.45) is 0 Å². The Morgan fingerprint density at radius 3 is 2.52 bits per heavy atom. The van der Waals surface area contributed by atoms with Crippen LogP contribution in [0, 0.1) is 0 Å². The maximum Gasteiger partial charge on any atom is 0.225 e. The molecule has 21 heavy (non-hydrogen) atoms. The Labute approximate surface area is 126 Å². The maximum absolute atomic E-state index is 11.8. The Morgan fingerprint density at radius 1 is 1.24 bits per heavy atom. The summed E-state index contributed by atoms with van der Waals surface area (Å²) < 4.78 is 0. The van der Waals surface area contributed by atoms with E-state index in [1.165, 1.54) is 5.56 Å². The summed E-state index contributed by atoms with van der Waals surface area (Å²) in [5.41, 5.74) is 1.21. The van der Waals surface area contributed by atoms with Crippen LogP contribution in [0.4, 0.5) is 0 Å². The molecule has 4 heteroatoms. The zero-order valence-electron chi connectivity index (χ0n) is 12.6. The second kappa shape index (κ2) is 7.96. The van der Waals surface area contributed by atoms with Gasteiger partial charge in [0.25, 0.3) is 0 Å². The predicted octanol–water partition coefficient (Wildman–Crippen LogP) is 1.61. The van der Waals surface area contributed by atoms with E-state index in [-0.39, 0.29) is 12.3 Å². The van der Waals surface area contributed by atoms with E-state index in [0.717, 1.165) is 32.7 Å². The van der Waals surface area contributed by atoms with Gasteiger partial charge >= 0.3 is 0 Å². The van der Waals surface area contributed by atoms with Crippen molar-refractivity contribution in [1.29, 1.82) is 0 Å². The van der Waals surface area contributed by atoms with Gasteiger partial charge in [-0.05, 0) is 12.5 Å². The van der Waals surface area contributed by atoms with E-state index in [9.17, 15) is 9.90 Å². The number of hydrogen-bond acceptors (Lipinski definition) is 3. The SMILES string of the molecule is CC(O)CC(=O)N1CCN(CC=Cc2ccccc2)CC1. The molecule has 1 atom stereocenters. The fourth-order valence-corrected chi connectivity index (χ4v) is 2.46. The van der Waals surface area contributed by atoms with E-state index in [4.69, 9.17) is 0 Å². The lowest BCUT2D eigenvalue weighted by Gasteiger charge is -2.34. The molecule has 1 saturated heterocycles. The van der Waals surface area contributed by atoms with Gasteiger partial charge in [0, 0.05) is 32.7 Å². The molecule has 1 amide bonds. The highest BCUT2D eigenvalue weighted by Crippen LogP contribution is 2.06. The third kappa shape index (κ3) is 5.33. The number of rotatable bonds is 5. The summed E-state index contributed by atoms with van der Waals surface area (Å²) in [6.45, 7) is 5.86. The van der Waals surface area contributed by atoms with Crippen molar-refractivity contribution < 1.29 is 9.90 Å². The van der Waals surface area contributed by atoms with Gasteiger partial charge in [-0.25, -0.2) is 0 Å². The van der Waals surface area contributed by atoms with Crippen LogP contribution in [0.15, 0.2) is 36.4 Å². The van der Waals surface area contributed by atoms with Crippen molar-refractivity contribution in [2.75, 3.05) is 32.7 Å². The van der Waals surface area contributed by atoms with E-state index < -0.39 is 6.10 Å². The summed E-state index contributed by atoms with van der Waals surface area (Å²) >= 11 is 0. The molecule has 1 unspecified atom stereocenters. The van der Waals surface area contributed by atoms with Gasteiger partial charge in [0.2, 0.25) is 5.91 Å². The van der Waals surface area contributed by atoms with Crippen LogP contribution in [0.5, 0.6) is 0 Å². The van der Waals surface area contributed by atoms with E-state index in [1.54, 1.807) is 6.92 Å². The van der Waals surface area contributed by atoms with E-state index >= 15 is 0 Å². The Balaban J connectivity index is 1.72. The standard InChI is InChI=1S/C17H24N2O2/c1-15(20)14-17(21)19-12-10-18(11-13-19)9-5-8-16-6-3-2-4-7-16/h2-8,15,20H,9-14H2,1H3. The van der Waals surface area contributed by atoms with Crippen molar-refractivity contribution in [3.63, 3.8) is 0 Å². The highest BCUT2D eigenvalue weighted by molar-refractivity contribution is 5.76. The van der Waals surface area contributed by atoms with Crippen LogP contribution in [0.1, 0.15) is 18.9 Å². The minimum atomic E-state index is -0.552. The number of nitrogens with zero attached hydrogens (tertiary/aromatic N) is 2. The molecule has 1 aromatic carbocycles. The Hall–Kier alpha value is -1.65. The first-order chi connectivity index (χ1) is 10.1. The zero-order chi connectivity index (χ0) is 15.1. The number of aliphatic hydroxyl groups excluding tert-OH is 1. The minimum absolute atomic E-state index is 0.0597. The predicted molar refractivity (Wildman–Crippen MR) is 84.8 cm³/mol. The molecule has 1 N–H and O–H groups in total. The second-order valence-electron chi connectivity index (χ2n) is 5.55. The van der Waals surface area contributed by atoms with E-state index in [2.05, 4.69) is 29.2 Å². The summed E-state index contributed by atoms with van der Waals surface area (Å²) in [5.74, 6) is 0.0597. The molecule has 1 fully saturated rings. The van der Waals surface area contributed by atoms with Crippen molar-refractivity contribution in [3.05, 3.63) is 42.0 Å². The minimum Gasteiger partial charge on any atom is -0.393 e. The first kappa shape index (κ1) is 15.7. The molecule has 0 spiro atoms. The van der Waals surface area contributed by atoms with Gasteiger partial charge in [-0.1, -0.05) is 42.5 Å². The lowest BCUT2D eigenvalue weighted by atomic mass is 10.2. The summed E-state index contributed by atoms with van der Waals surface area (Å²) in [5, 5.41) is 9.26. The number of carbonyl (C=O) groups is 1. The van der Waals surface area contributed by atoms with Gasteiger partial charge in [-0.15, -0.1) is 0 Å².